The molecule has 0 bridgehead atoms. The van der Waals surface area contributed by atoms with Gasteiger partial charge in [-0.05, 0) is 57.2 Å². The lowest BCUT2D eigenvalue weighted by molar-refractivity contribution is 0.00511. The van der Waals surface area contributed by atoms with E-state index in [4.69, 9.17) is 4.74 Å². The van der Waals surface area contributed by atoms with Gasteiger partial charge in [-0.1, -0.05) is 30.7 Å². The molecule has 1 aliphatic heterocycles. The van der Waals surface area contributed by atoms with Crippen LogP contribution in [0.2, 0.25) is 0 Å². The molecule has 1 N–H and O–H groups in total. The molecule has 2 nitrogen and oxygen atoms in total. The van der Waals surface area contributed by atoms with Gasteiger partial charge >= 0.3 is 0 Å². The van der Waals surface area contributed by atoms with E-state index in [9.17, 15) is 0 Å². The first kappa shape index (κ1) is 14.5. The van der Waals surface area contributed by atoms with Crippen molar-refractivity contribution in [3.8, 4) is 0 Å². The summed E-state index contributed by atoms with van der Waals surface area (Å²) < 4.78 is 5.90. The van der Waals surface area contributed by atoms with E-state index in [1.165, 1.54) is 36.0 Å². The van der Waals surface area contributed by atoms with Gasteiger partial charge in [0, 0.05) is 12.6 Å². The van der Waals surface area contributed by atoms with Crippen LogP contribution >= 0.6 is 0 Å². The van der Waals surface area contributed by atoms with E-state index in [0.717, 1.165) is 19.6 Å². The fraction of sp³-hybridized carbons (Fsp3) is 0.647. The monoisotopic (exact) mass is 261 g/mol. The summed E-state index contributed by atoms with van der Waals surface area (Å²) in [7, 11) is 0. The van der Waals surface area contributed by atoms with E-state index >= 15 is 0 Å². The Morgan fingerprint density at radius 1 is 1.32 bits per heavy atom. The minimum absolute atomic E-state index is 0.425. The van der Waals surface area contributed by atoms with Crippen molar-refractivity contribution < 1.29 is 4.74 Å². The van der Waals surface area contributed by atoms with Gasteiger partial charge in [0.15, 0.2) is 0 Å². The van der Waals surface area contributed by atoms with Gasteiger partial charge in [-0.15, -0.1) is 0 Å². The first-order valence-corrected chi connectivity index (χ1v) is 7.63. The summed E-state index contributed by atoms with van der Waals surface area (Å²) in [5.74, 6) is 0. The van der Waals surface area contributed by atoms with Crippen molar-refractivity contribution >= 4 is 0 Å². The van der Waals surface area contributed by atoms with Gasteiger partial charge in [-0.3, -0.25) is 0 Å². The van der Waals surface area contributed by atoms with Gasteiger partial charge in [0.1, 0.15) is 0 Å². The van der Waals surface area contributed by atoms with E-state index < -0.39 is 0 Å². The van der Waals surface area contributed by atoms with Crippen molar-refractivity contribution in [2.75, 3.05) is 13.2 Å². The molecule has 2 atom stereocenters. The second-order valence-electron chi connectivity index (χ2n) is 5.69. The third kappa shape index (κ3) is 4.05. The summed E-state index contributed by atoms with van der Waals surface area (Å²) in [6.07, 6.45) is 5.28. The van der Waals surface area contributed by atoms with Crippen LogP contribution < -0.4 is 5.32 Å². The van der Waals surface area contributed by atoms with Gasteiger partial charge in [-0.25, -0.2) is 0 Å². The highest BCUT2D eigenvalue weighted by atomic mass is 16.5. The molecule has 1 aromatic carbocycles. The van der Waals surface area contributed by atoms with E-state index in [2.05, 4.69) is 44.3 Å². The summed E-state index contributed by atoms with van der Waals surface area (Å²) in [6, 6.07) is 7.20. The Morgan fingerprint density at radius 3 is 2.79 bits per heavy atom. The minimum atomic E-state index is 0.425. The molecule has 2 heteroatoms. The molecule has 0 saturated carbocycles. The number of rotatable bonds is 5. The maximum Gasteiger partial charge on any atom is 0.0593 e. The number of hydrogen-bond acceptors (Lipinski definition) is 2. The van der Waals surface area contributed by atoms with E-state index in [1.807, 2.05) is 0 Å². The highest BCUT2D eigenvalue weighted by Crippen LogP contribution is 2.27. The Morgan fingerprint density at radius 2 is 2.16 bits per heavy atom. The normalized spacial score (nSPS) is 21.3. The van der Waals surface area contributed by atoms with Crippen molar-refractivity contribution in [2.24, 2.45) is 0 Å². The molecule has 0 radical (unpaired) electrons. The van der Waals surface area contributed by atoms with Crippen molar-refractivity contribution in [3.63, 3.8) is 0 Å². The Labute approximate surface area is 117 Å². The van der Waals surface area contributed by atoms with Crippen LogP contribution in [0.3, 0.4) is 0 Å². The van der Waals surface area contributed by atoms with Crippen LogP contribution in [-0.4, -0.2) is 19.3 Å². The van der Waals surface area contributed by atoms with E-state index in [0.29, 0.717) is 12.1 Å². The zero-order valence-electron chi connectivity index (χ0n) is 12.5. The van der Waals surface area contributed by atoms with Crippen molar-refractivity contribution in [1.82, 2.24) is 5.32 Å². The van der Waals surface area contributed by atoms with E-state index in [-0.39, 0.29) is 0 Å². The van der Waals surface area contributed by atoms with Gasteiger partial charge < -0.3 is 10.1 Å². The topological polar surface area (TPSA) is 21.3 Å². The number of aryl methyl sites for hydroxylation is 2. The third-order valence-electron chi connectivity index (χ3n) is 4.02. The number of nitrogens with one attached hydrogen (secondary N) is 1. The number of benzene rings is 1. The van der Waals surface area contributed by atoms with Gasteiger partial charge in [0.2, 0.25) is 0 Å². The summed E-state index contributed by atoms with van der Waals surface area (Å²) in [4.78, 5) is 0. The molecule has 0 amide bonds. The molecular formula is C17H27NO. The Bertz CT molecular complexity index is 396. The van der Waals surface area contributed by atoms with Gasteiger partial charge in [0.25, 0.3) is 0 Å². The lowest BCUT2D eigenvalue weighted by Gasteiger charge is -2.28. The summed E-state index contributed by atoms with van der Waals surface area (Å²) in [5, 5.41) is 3.63. The van der Waals surface area contributed by atoms with Crippen molar-refractivity contribution in [2.45, 2.75) is 58.6 Å². The summed E-state index contributed by atoms with van der Waals surface area (Å²) in [5.41, 5.74) is 4.16. The molecule has 0 aliphatic carbocycles. The molecule has 1 aromatic rings. The summed E-state index contributed by atoms with van der Waals surface area (Å²) >= 11 is 0. The Kier molecular flexibility index (Phi) is 5.41. The lowest BCUT2D eigenvalue weighted by Crippen LogP contribution is -2.29. The Hall–Kier alpha value is -0.860. The standard InChI is InChI=1S/C17H27NO/c1-4-18-17(12-15-7-5-6-10-19-15)16-9-8-13(2)11-14(16)3/h8-9,11,15,17-18H,4-7,10,12H2,1-3H3. The number of ether oxygens (including phenoxy) is 1. The second kappa shape index (κ2) is 7.06. The van der Waals surface area contributed by atoms with Crippen LogP contribution in [0, 0.1) is 13.8 Å². The SMILES string of the molecule is CCNC(CC1CCCCO1)c1ccc(C)cc1C. The fourth-order valence-electron chi connectivity index (χ4n) is 3.04. The lowest BCUT2D eigenvalue weighted by atomic mass is 9.93. The molecule has 1 fully saturated rings. The highest BCUT2D eigenvalue weighted by molar-refractivity contribution is 5.32. The van der Waals surface area contributed by atoms with Crippen LogP contribution in [0.4, 0.5) is 0 Å². The van der Waals surface area contributed by atoms with Crippen LogP contribution in [-0.2, 0) is 4.74 Å². The molecule has 2 unspecified atom stereocenters. The van der Waals surface area contributed by atoms with Crippen LogP contribution in [0.15, 0.2) is 18.2 Å². The fourth-order valence-corrected chi connectivity index (χ4v) is 3.04. The molecule has 0 spiro atoms. The average molecular weight is 261 g/mol. The van der Waals surface area contributed by atoms with E-state index in [1.54, 1.807) is 0 Å². The zero-order chi connectivity index (χ0) is 13.7. The minimum Gasteiger partial charge on any atom is -0.378 e. The van der Waals surface area contributed by atoms with Crippen LogP contribution in [0.1, 0.15) is 55.3 Å². The molecule has 1 aliphatic rings. The smallest absolute Gasteiger partial charge is 0.0593 e. The molecule has 19 heavy (non-hydrogen) atoms. The zero-order valence-corrected chi connectivity index (χ0v) is 12.5. The van der Waals surface area contributed by atoms with Gasteiger partial charge in [0.05, 0.1) is 6.10 Å². The molecule has 1 heterocycles. The van der Waals surface area contributed by atoms with Crippen molar-refractivity contribution in [3.05, 3.63) is 34.9 Å². The second-order valence-corrected chi connectivity index (χ2v) is 5.69. The first-order chi connectivity index (χ1) is 9.20. The highest BCUT2D eigenvalue weighted by Gasteiger charge is 2.21. The molecular weight excluding hydrogens is 234 g/mol. The van der Waals surface area contributed by atoms with Gasteiger partial charge in [-0.2, -0.15) is 0 Å². The molecule has 1 saturated heterocycles. The number of hydrogen-bond donors (Lipinski definition) is 1. The third-order valence-corrected chi connectivity index (χ3v) is 4.02. The van der Waals surface area contributed by atoms with Crippen LogP contribution in [0.25, 0.3) is 0 Å². The quantitative estimate of drug-likeness (QED) is 0.867. The maximum absolute atomic E-state index is 5.90. The van der Waals surface area contributed by atoms with Crippen LogP contribution in [0.5, 0.6) is 0 Å². The molecule has 2 rings (SSSR count). The predicted octanol–water partition coefficient (Wildman–Crippen LogP) is 3.91. The average Bonchev–Trinajstić information content (AvgIpc) is 2.39. The predicted molar refractivity (Wildman–Crippen MR) is 80.5 cm³/mol. The largest absolute Gasteiger partial charge is 0.378 e. The molecule has 0 aromatic heterocycles. The molecule has 106 valence electrons. The maximum atomic E-state index is 5.90. The first-order valence-electron chi connectivity index (χ1n) is 7.63. The summed E-state index contributed by atoms with van der Waals surface area (Å²) in [6.45, 7) is 8.50. The van der Waals surface area contributed by atoms with Crippen molar-refractivity contribution in [1.29, 1.82) is 0 Å². The Balaban J connectivity index is 2.09.